The molecule has 0 aromatic rings. The number of allylic oxidation sites excluding steroid dienone is 3. The Morgan fingerprint density at radius 1 is 1.18 bits per heavy atom. The van der Waals surface area contributed by atoms with Crippen LogP contribution >= 0.6 is 0 Å². The summed E-state index contributed by atoms with van der Waals surface area (Å²) in [6, 6.07) is 0. The normalized spacial score (nSPS) is 27.0. The lowest BCUT2D eigenvalue weighted by Crippen LogP contribution is -2.41. The SMILES string of the molecule is CC.CC(C)(OC(=O)NC1=CC2CC2C=C1)C1CCCCC1. The summed E-state index contributed by atoms with van der Waals surface area (Å²) in [7, 11) is 0. The maximum atomic E-state index is 12.1. The monoisotopic (exact) mass is 305 g/mol. The van der Waals surface area contributed by atoms with E-state index in [1.807, 2.05) is 33.8 Å². The number of fused-ring (bicyclic) bond motifs is 1. The molecule has 0 aliphatic heterocycles. The van der Waals surface area contributed by atoms with Gasteiger partial charge in [-0.2, -0.15) is 0 Å². The van der Waals surface area contributed by atoms with Crippen molar-refractivity contribution in [3.05, 3.63) is 23.9 Å². The van der Waals surface area contributed by atoms with Gasteiger partial charge in [0.2, 0.25) is 0 Å². The van der Waals surface area contributed by atoms with Crippen molar-refractivity contribution >= 4 is 6.09 Å². The van der Waals surface area contributed by atoms with Gasteiger partial charge < -0.3 is 4.74 Å². The molecule has 3 aliphatic rings. The lowest BCUT2D eigenvalue weighted by molar-refractivity contribution is -0.0172. The van der Waals surface area contributed by atoms with Crippen molar-refractivity contribution in [1.82, 2.24) is 5.32 Å². The highest BCUT2D eigenvalue weighted by atomic mass is 16.6. The highest BCUT2D eigenvalue weighted by Crippen LogP contribution is 2.43. The van der Waals surface area contributed by atoms with E-state index in [1.165, 1.54) is 38.5 Å². The van der Waals surface area contributed by atoms with Gasteiger partial charge in [-0.15, -0.1) is 0 Å². The number of amides is 1. The summed E-state index contributed by atoms with van der Waals surface area (Å²) >= 11 is 0. The third-order valence-electron chi connectivity index (χ3n) is 5.00. The highest BCUT2D eigenvalue weighted by Gasteiger charge is 2.36. The number of carbonyl (C=O) groups is 1. The van der Waals surface area contributed by atoms with Crippen LogP contribution in [0.2, 0.25) is 0 Å². The van der Waals surface area contributed by atoms with Gasteiger partial charge >= 0.3 is 6.09 Å². The third-order valence-corrected chi connectivity index (χ3v) is 5.00. The minimum Gasteiger partial charge on any atom is -0.443 e. The number of hydrogen-bond donors (Lipinski definition) is 1. The van der Waals surface area contributed by atoms with E-state index in [-0.39, 0.29) is 11.7 Å². The lowest BCUT2D eigenvalue weighted by atomic mass is 9.79. The molecule has 2 atom stereocenters. The molecule has 1 N–H and O–H groups in total. The Hall–Kier alpha value is -1.25. The molecule has 0 aromatic carbocycles. The van der Waals surface area contributed by atoms with Crippen molar-refractivity contribution in [3.63, 3.8) is 0 Å². The molecule has 0 heterocycles. The van der Waals surface area contributed by atoms with Crippen molar-refractivity contribution in [2.45, 2.75) is 71.8 Å². The summed E-state index contributed by atoms with van der Waals surface area (Å²) in [6.07, 6.45) is 13.4. The van der Waals surface area contributed by atoms with Crippen LogP contribution in [0.15, 0.2) is 23.9 Å². The molecule has 2 saturated carbocycles. The first-order chi connectivity index (χ1) is 10.5. The first-order valence-electron chi connectivity index (χ1n) is 8.94. The second-order valence-electron chi connectivity index (χ2n) is 7.00. The largest absolute Gasteiger partial charge is 0.443 e. The Labute approximate surface area is 135 Å². The Morgan fingerprint density at radius 3 is 2.50 bits per heavy atom. The van der Waals surface area contributed by atoms with Crippen LogP contribution in [-0.2, 0) is 4.74 Å². The van der Waals surface area contributed by atoms with E-state index < -0.39 is 0 Å². The molecule has 22 heavy (non-hydrogen) atoms. The third kappa shape index (κ3) is 4.37. The number of hydrogen-bond acceptors (Lipinski definition) is 2. The fourth-order valence-electron chi connectivity index (χ4n) is 3.51. The van der Waals surface area contributed by atoms with Gasteiger partial charge in [0, 0.05) is 5.70 Å². The smallest absolute Gasteiger partial charge is 0.412 e. The Balaban J connectivity index is 0.000000847. The van der Waals surface area contributed by atoms with Crippen molar-refractivity contribution in [3.8, 4) is 0 Å². The van der Waals surface area contributed by atoms with E-state index in [2.05, 4.69) is 17.5 Å². The lowest BCUT2D eigenvalue weighted by Gasteiger charge is -2.36. The molecule has 0 bridgehead atoms. The van der Waals surface area contributed by atoms with Gasteiger partial charge in [0.25, 0.3) is 0 Å². The number of ether oxygens (including phenoxy) is 1. The molecule has 0 radical (unpaired) electrons. The zero-order valence-electron chi connectivity index (χ0n) is 14.5. The van der Waals surface area contributed by atoms with Crippen LogP contribution < -0.4 is 5.32 Å². The highest BCUT2D eigenvalue weighted by molar-refractivity contribution is 5.71. The van der Waals surface area contributed by atoms with E-state index >= 15 is 0 Å². The molecule has 0 spiro atoms. The zero-order valence-corrected chi connectivity index (χ0v) is 14.5. The van der Waals surface area contributed by atoms with Crippen LogP contribution in [0.25, 0.3) is 0 Å². The first kappa shape index (κ1) is 17.1. The average molecular weight is 305 g/mol. The average Bonchev–Trinajstić information content (AvgIpc) is 3.28. The molecule has 0 saturated heterocycles. The summed E-state index contributed by atoms with van der Waals surface area (Å²) in [5.74, 6) is 1.85. The quantitative estimate of drug-likeness (QED) is 0.779. The Morgan fingerprint density at radius 2 is 1.86 bits per heavy atom. The van der Waals surface area contributed by atoms with Gasteiger partial charge in [0.15, 0.2) is 0 Å². The number of carbonyl (C=O) groups excluding carboxylic acids is 1. The second kappa shape index (κ2) is 7.34. The van der Waals surface area contributed by atoms with Crippen molar-refractivity contribution < 1.29 is 9.53 Å². The topological polar surface area (TPSA) is 38.3 Å². The first-order valence-corrected chi connectivity index (χ1v) is 8.94. The molecule has 3 heteroatoms. The van der Waals surface area contributed by atoms with Crippen LogP contribution in [0.5, 0.6) is 0 Å². The molecular formula is C19H31NO2. The summed E-state index contributed by atoms with van der Waals surface area (Å²) in [4.78, 5) is 12.1. The van der Waals surface area contributed by atoms with E-state index in [0.717, 1.165) is 11.6 Å². The maximum Gasteiger partial charge on any atom is 0.412 e. The molecule has 3 nitrogen and oxygen atoms in total. The van der Waals surface area contributed by atoms with Gasteiger partial charge in [0.05, 0.1) is 0 Å². The molecule has 2 fully saturated rings. The van der Waals surface area contributed by atoms with Gasteiger partial charge in [-0.25, -0.2) is 4.79 Å². The summed E-state index contributed by atoms with van der Waals surface area (Å²) in [5.41, 5.74) is 0.527. The maximum absolute atomic E-state index is 12.1. The number of nitrogens with one attached hydrogen (secondary N) is 1. The van der Waals surface area contributed by atoms with Crippen LogP contribution in [0.3, 0.4) is 0 Å². The molecule has 2 unspecified atom stereocenters. The fourth-order valence-corrected chi connectivity index (χ4v) is 3.51. The number of rotatable bonds is 3. The van der Waals surface area contributed by atoms with Crippen molar-refractivity contribution in [2.75, 3.05) is 0 Å². The van der Waals surface area contributed by atoms with Crippen molar-refractivity contribution in [2.24, 2.45) is 17.8 Å². The van der Waals surface area contributed by atoms with Gasteiger partial charge in [-0.05, 0) is 56.9 Å². The van der Waals surface area contributed by atoms with Gasteiger partial charge in [-0.3, -0.25) is 5.32 Å². The minimum absolute atomic E-state index is 0.310. The van der Waals surface area contributed by atoms with Gasteiger partial charge in [0.1, 0.15) is 5.60 Å². The van der Waals surface area contributed by atoms with E-state index in [9.17, 15) is 4.79 Å². The summed E-state index contributed by atoms with van der Waals surface area (Å²) in [5, 5.41) is 2.88. The minimum atomic E-state index is -0.369. The number of alkyl carbamates (subject to hydrolysis) is 1. The predicted octanol–water partition coefficient (Wildman–Crippen LogP) is 5.19. The molecule has 3 rings (SSSR count). The van der Waals surface area contributed by atoms with Crippen LogP contribution in [0.4, 0.5) is 4.79 Å². The van der Waals surface area contributed by atoms with Crippen LogP contribution in [0, 0.1) is 17.8 Å². The Bertz CT molecular complexity index is 444. The fraction of sp³-hybridized carbons (Fsp3) is 0.737. The van der Waals surface area contributed by atoms with E-state index in [1.54, 1.807) is 0 Å². The molecular weight excluding hydrogens is 274 g/mol. The van der Waals surface area contributed by atoms with Gasteiger partial charge in [-0.1, -0.05) is 45.3 Å². The molecule has 3 aliphatic carbocycles. The van der Waals surface area contributed by atoms with Crippen LogP contribution in [-0.4, -0.2) is 11.7 Å². The van der Waals surface area contributed by atoms with E-state index in [0.29, 0.717) is 11.8 Å². The van der Waals surface area contributed by atoms with E-state index in [4.69, 9.17) is 4.74 Å². The summed E-state index contributed by atoms with van der Waals surface area (Å²) in [6.45, 7) is 8.09. The predicted molar refractivity (Wildman–Crippen MR) is 90.4 cm³/mol. The second-order valence-corrected chi connectivity index (χ2v) is 7.00. The van der Waals surface area contributed by atoms with Crippen LogP contribution in [0.1, 0.15) is 66.2 Å². The van der Waals surface area contributed by atoms with Crippen molar-refractivity contribution in [1.29, 1.82) is 0 Å². The standard InChI is InChI=1S/C17H25NO2.C2H6/c1-17(2,14-6-4-3-5-7-14)20-16(19)18-15-9-8-12-10-13(12)11-15;1-2/h8-9,11-14H,3-7,10H2,1-2H3,(H,18,19);1-2H3. The summed E-state index contributed by atoms with van der Waals surface area (Å²) < 4.78 is 5.70. The molecule has 1 amide bonds. The zero-order chi connectivity index (χ0) is 16.2. The Kier molecular flexibility index (Phi) is 5.71. The molecule has 0 aromatic heterocycles. The molecule has 124 valence electrons.